The van der Waals surface area contributed by atoms with Gasteiger partial charge >= 0.3 is 0 Å². The Kier molecular flexibility index (Phi) is 4.83. The maximum absolute atomic E-state index is 12.2. The van der Waals surface area contributed by atoms with Gasteiger partial charge in [0.05, 0.1) is 12.5 Å². The number of carbonyl (C=O) groups excluding carboxylic acids is 1. The Morgan fingerprint density at radius 3 is 3.04 bits per heavy atom. The number of nitrogens with zero attached hydrogens (tertiary/aromatic N) is 2. The van der Waals surface area contributed by atoms with Gasteiger partial charge in [0.25, 0.3) is 5.56 Å². The molecular formula is C18H20N4O3. The monoisotopic (exact) mass is 340 g/mol. The van der Waals surface area contributed by atoms with Crippen molar-refractivity contribution in [3.63, 3.8) is 0 Å². The number of aromatic nitrogens is 3. The lowest BCUT2D eigenvalue weighted by Crippen LogP contribution is -2.23. The van der Waals surface area contributed by atoms with E-state index in [0.717, 1.165) is 11.1 Å². The van der Waals surface area contributed by atoms with E-state index in [4.69, 9.17) is 4.42 Å². The van der Waals surface area contributed by atoms with Crippen LogP contribution in [-0.4, -0.2) is 27.2 Å². The predicted octanol–water partition coefficient (Wildman–Crippen LogP) is 2.27. The first-order valence-corrected chi connectivity index (χ1v) is 8.13. The van der Waals surface area contributed by atoms with Crippen molar-refractivity contribution in [3.05, 3.63) is 58.4 Å². The molecule has 0 radical (unpaired) electrons. The number of furan rings is 1. The highest BCUT2D eigenvalue weighted by molar-refractivity contribution is 5.92. The fourth-order valence-electron chi connectivity index (χ4n) is 2.53. The van der Waals surface area contributed by atoms with Gasteiger partial charge in [0.15, 0.2) is 0 Å². The van der Waals surface area contributed by atoms with Crippen molar-refractivity contribution < 1.29 is 9.21 Å². The fraction of sp³-hybridized carbons (Fsp3) is 0.278. The molecule has 0 atom stereocenters. The molecule has 1 amide bonds. The zero-order chi connectivity index (χ0) is 17.8. The van der Waals surface area contributed by atoms with E-state index in [-0.39, 0.29) is 17.5 Å². The van der Waals surface area contributed by atoms with E-state index < -0.39 is 0 Å². The van der Waals surface area contributed by atoms with Crippen LogP contribution < -0.4 is 10.9 Å². The summed E-state index contributed by atoms with van der Waals surface area (Å²) in [6, 6.07) is 5.54. The number of carbonyl (C=O) groups is 1. The minimum atomic E-state index is -0.260. The minimum absolute atomic E-state index is 0.148. The van der Waals surface area contributed by atoms with E-state index in [0.29, 0.717) is 24.2 Å². The maximum atomic E-state index is 12.2. The van der Waals surface area contributed by atoms with Gasteiger partial charge in [-0.2, -0.15) is 5.10 Å². The number of rotatable bonds is 6. The van der Waals surface area contributed by atoms with Crippen LogP contribution >= 0.6 is 0 Å². The summed E-state index contributed by atoms with van der Waals surface area (Å²) in [5, 5.41) is 7.85. The van der Waals surface area contributed by atoms with Gasteiger partial charge in [-0.3, -0.25) is 9.59 Å². The molecule has 0 saturated heterocycles. The molecule has 3 aromatic rings. The molecule has 130 valence electrons. The standard InChI is InChI=1S/C18H20N4O3/c1-12(2)22-17-14(11-20-22)10-13(18(24)21-17)5-6-16(23)19-8-7-15-4-3-9-25-15/h3-6,9-12H,7-8H2,1-2H3,(H,19,23)(H,21,24). The number of aromatic amines is 1. The van der Waals surface area contributed by atoms with Crippen molar-refractivity contribution in [1.82, 2.24) is 20.1 Å². The second-order valence-electron chi connectivity index (χ2n) is 5.99. The third-order valence-corrected chi connectivity index (χ3v) is 3.78. The summed E-state index contributed by atoms with van der Waals surface area (Å²) < 4.78 is 6.95. The van der Waals surface area contributed by atoms with Gasteiger partial charge in [-0.15, -0.1) is 0 Å². The van der Waals surface area contributed by atoms with Crippen LogP contribution in [-0.2, 0) is 11.2 Å². The summed E-state index contributed by atoms with van der Waals surface area (Å²) in [7, 11) is 0. The molecule has 25 heavy (non-hydrogen) atoms. The lowest BCUT2D eigenvalue weighted by Gasteiger charge is -2.06. The molecule has 0 spiro atoms. The van der Waals surface area contributed by atoms with Crippen molar-refractivity contribution in [3.8, 4) is 0 Å². The number of fused-ring (bicyclic) bond motifs is 1. The van der Waals surface area contributed by atoms with E-state index in [1.54, 1.807) is 29.3 Å². The average Bonchev–Trinajstić information content (AvgIpc) is 3.22. The first kappa shape index (κ1) is 16.8. The van der Waals surface area contributed by atoms with Gasteiger partial charge in [-0.25, -0.2) is 4.68 Å². The van der Waals surface area contributed by atoms with Gasteiger partial charge < -0.3 is 14.7 Å². The van der Waals surface area contributed by atoms with Crippen molar-refractivity contribution in [2.24, 2.45) is 0 Å². The van der Waals surface area contributed by atoms with Crippen LogP contribution in [0.1, 0.15) is 31.2 Å². The minimum Gasteiger partial charge on any atom is -0.469 e. The highest BCUT2D eigenvalue weighted by Crippen LogP contribution is 2.15. The Balaban J connectivity index is 1.67. The molecule has 0 aliphatic rings. The number of amides is 1. The van der Waals surface area contributed by atoms with E-state index in [1.807, 2.05) is 19.9 Å². The molecule has 0 fully saturated rings. The summed E-state index contributed by atoms with van der Waals surface area (Å²) in [5.74, 6) is 0.553. The summed E-state index contributed by atoms with van der Waals surface area (Å²) >= 11 is 0. The molecule has 0 bridgehead atoms. The van der Waals surface area contributed by atoms with Crippen molar-refractivity contribution in [1.29, 1.82) is 0 Å². The predicted molar refractivity (Wildman–Crippen MR) is 95.2 cm³/mol. The SMILES string of the molecule is CC(C)n1ncc2cc(C=CC(=O)NCCc3ccco3)c(=O)[nH]c21. The summed E-state index contributed by atoms with van der Waals surface area (Å²) in [6.07, 6.45) is 6.78. The number of nitrogens with one attached hydrogen (secondary N) is 2. The number of pyridine rings is 1. The quantitative estimate of drug-likeness (QED) is 0.673. The molecule has 3 heterocycles. The molecule has 0 saturated carbocycles. The van der Waals surface area contributed by atoms with Gasteiger partial charge in [-0.1, -0.05) is 0 Å². The van der Waals surface area contributed by atoms with Crippen LogP contribution in [0, 0.1) is 0 Å². The Bertz CT molecular complexity index is 949. The van der Waals surface area contributed by atoms with Crippen molar-refractivity contribution >= 4 is 23.0 Å². The van der Waals surface area contributed by atoms with Gasteiger partial charge in [-0.05, 0) is 38.1 Å². The number of H-pyrrole nitrogens is 1. The Morgan fingerprint density at radius 1 is 1.48 bits per heavy atom. The molecule has 0 aromatic carbocycles. The largest absolute Gasteiger partial charge is 0.469 e. The molecule has 3 aromatic heterocycles. The second kappa shape index (κ2) is 7.21. The second-order valence-corrected chi connectivity index (χ2v) is 5.99. The van der Waals surface area contributed by atoms with Gasteiger partial charge in [0.2, 0.25) is 5.91 Å². The van der Waals surface area contributed by atoms with E-state index in [1.165, 1.54) is 12.2 Å². The first-order valence-electron chi connectivity index (χ1n) is 8.13. The van der Waals surface area contributed by atoms with Crippen LogP contribution in [0.15, 0.2) is 45.9 Å². The molecule has 2 N–H and O–H groups in total. The number of hydrogen-bond donors (Lipinski definition) is 2. The van der Waals surface area contributed by atoms with Crippen LogP contribution in [0.3, 0.4) is 0 Å². The summed E-state index contributed by atoms with van der Waals surface area (Å²) in [4.78, 5) is 26.9. The van der Waals surface area contributed by atoms with E-state index in [9.17, 15) is 9.59 Å². The van der Waals surface area contributed by atoms with E-state index in [2.05, 4.69) is 15.4 Å². The van der Waals surface area contributed by atoms with Gasteiger partial charge in [0, 0.05) is 36.0 Å². The van der Waals surface area contributed by atoms with Crippen LogP contribution in [0.2, 0.25) is 0 Å². The molecule has 0 unspecified atom stereocenters. The summed E-state index contributed by atoms with van der Waals surface area (Å²) in [6.45, 7) is 4.45. The highest BCUT2D eigenvalue weighted by Gasteiger charge is 2.09. The Labute approximate surface area is 144 Å². The fourth-order valence-corrected chi connectivity index (χ4v) is 2.53. The lowest BCUT2D eigenvalue weighted by molar-refractivity contribution is -0.116. The molecule has 0 aliphatic carbocycles. The first-order chi connectivity index (χ1) is 12.0. The lowest BCUT2D eigenvalue weighted by atomic mass is 10.2. The molecular weight excluding hydrogens is 320 g/mol. The molecule has 0 aliphatic heterocycles. The smallest absolute Gasteiger partial charge is 0.256 e. The molecule has 7 heteroatoms. The molecule has 3 rings (SSSR count). The van der Waals surface area contributed by atoms with Crippen molar-refractivity contribution in [2.45, 2.75) is 26.3 Å². The highest BCUT2D eigenvalue weighted by atomic mass is 16.3. The Hall–Kier alpha value is -3.09. The van der Waals surface area contributed by atoms with Crippen LogP contribution in [0.4, 0.5) is 0 Å². The maximum Gasteiger partial charge on any atom is 0.256 e. The Morgan fingerprint density at radius 2 is 2.32 bits per heavy atom. The zero-order valence-electron chi connectivity index (χ0n) is 14.2. The van der Waals surface area contributed by atoms with E-state index >= 15 is 0 Å². The normalized spacial score (nSPS) is 11.6. The van der Waals surface area contributed by atoms with Crippen LogP contribution in [0.25, 0.3) is 17.1 Å². The molecule has 7 nitrogen and oxygen atoms in total. The van der Waals surface area contributed by atoms with Crippen LogP contribution in [0.5, 0.6) is 0 Å². The third kappa shape index (κ3) is 3.88. The number of hydrogen-bond acceptors (Lipinski definition) is 4. The third-order valence-electron chi connectivity index (χ3n) is 3.78. The average molecular weight is 340 g/mol. The van der Waals surface area contributed by atoms with Gasteiger partial charge in [0.1, 0.15) is 11.4 Å². The van der Waals surface area contributed by atoms with Crippen molar-refractivity contribution in [2.75, 3.05) is 6.54 Å². The zero-order valence-corrected chi connectivity index (χ0v) is 14.2. The topological polar surface area (TPSA) is 92.9 Å². The summed E-state index contributed by atoms with van der Waals surface area (Å²) in [5.41, 5.74) is 0.839.